The highest BCUT2D eigenvalue weighted by atomic mass is 19.1. The van der Waals surface area contributed by atoms with E-state index in [2.05, 4.69) is 5.32 Å². The Kier molecular flexibility index (Phi) is 5.53. The lowest BCUT2D eigenvalue weighted by Gasteiger charge is -2.05. The summed E-state index contributed by atoms with van der Waals surface area (Å²) in [6.45, 7) is 0.726. The molecule has 1 aromatic rings. The number of carbonyl (C=O) groups excluding carboxylic acids is 1. The number of amides is 1. The molecular weight excluding hydrogens is 255 g/mol. The molecule has 0 aliphatic heterocycles. The van der Waals surface area contributed by atoms with E-state index in [0.29, 0.717) is 6.42 Å². The van der Waals surface area contributed by atoms with E-state index in [-0.39, 0.29) is 23.7 Å². The first-order valence-electron chi connectivity index (χ1n) is 7.45. The van der Waals surface area contributed by atoms with Crippen molar-refractivity contribution in [3.63, 3.8) is 0 Å². The summed E-state index contributed by atoms with van der Waals surface area (Å²) in [5.41, 5.74) is 6.40. The fraction of sp³-hybridized carbons (Fsp3) is 0.562. The molecule has 0 heterocycles. The predicted octanol–water partition coefficient (Wildman–Crippen LogP) is 2.71. The molecule has 1 saturated carbocycles. The van der Waals surface area contributed by atoms with E-state index in [4.69, 9.17) is 5.73 Å². The van der Waals surface area contributed by atoms with Gasteiger partial charge in [0.05, 0.1) is 0 Å². The number of benzene rings is 1. The molecule has 1 aliphatic carbocycles. The average molecular weight is 278 g/mol. The quantitative estimate of drug-likeness (QED) is 0.718. The molecule has 0 aromatic heterocycles. The molecule has 2 rings (SSSR count). The van der Waals surface area contributed by atoms with E-state index in [0.717, 1.165) is 44.2 Å². The van der Waals surface area contributed by atoms with Gasteiger partial charge in [0.1, 0.15) is 5.82 Å². The lowest BCUT2D eigenvalue weighted by Crippen LogP contribution is -2.26. The molecule has 20 heavy (non-hydrogen) atoms. The molecule has 1 aliphatic rings. The highest BCUT2D eigenvalue weighted by Gasteiger charge is 2.39. The van der Waals surface area contributed by atoms with Gasteiger partial charge in [-0.3, -0.25) is 4.79 Å². The third-order valence-corrected chi connectivity index (χ3v) is 3.77. The Morgan fingerprint density at radius 2 is 2.10 bits per heavy atom. The van der Waals surface area contributed by atoms with Gasteiger partial charge in [-0.15, -0.1) is 0 Å². The third kappa shape index (κ3) is 4.60. The van der Waals surface area contributed by atoms with Crippen LogP contribution in [0.5, 0.6) is 0 Å². The van der Waals surface area contributed by atoms with Gasteiger partial charge in [0.25, 0.3) is 0 Å². The van der Waals surface area contributed by atoms with Crippen LogP contribution >= 0.6 is 0 Å². The molecule has 0 radical (unpaired) electrons. The number of hydrogen-bond acceptors (Lipinski definition) is 2. The highest BCUT2D eigenvalue weighted by Crippen LogP contribution is 2.40. The number of nitrogens with one attached hydrogen (secondary N) is 1. The Morgan fingerprint density at radius 1 is 1.30 bits per heavy atom. The van der Waals surface area contributed by atoms with Crippen molar-refractivity contribution in [2.75, 3.05) is 6.54 Å². The maximum Gasteiger partial charge on any atom is 0.220 e. The molecule has 2 unspecified atom stereocenters. The Balaban J connectivity index is 1.65. The van der Waals surface area contributed by atoms with Crippen molar-refractivity contribution >= 4 is 5.91 Å². The predicted molar refractivity (Wildman–Crippen MR) is 77.8 cm³/mol. The Hall–Kier alpha value is -1.42. The number of unbranched alkanes of at least 4 members (excludes halogenated alkanes) is 3. The van der Waals surface area contributed by atoms with E-state index >= 15 is 0 Å². The monoisotopic (exact) mass is 278 g/mol. The van der Waals surface area contributed by atoms with E-state index < -0.39 is 0 Å². The fourth-order valence-corrected chi connectivity index (χ4v) is 2.52. The molecule has 1 amide bonds. The summed E-state index contributed by atoms with van der Waals surface area (Å²) >= 11 is 0. The van der Waals surface area contributed by atoms with Gasteiger partial charge in [-0.05, 0) is 43.5 Å². The SMILES string of the molecule is NCCCCCCC(=O)NC1CC1c1cccc(F)c1. The van der Waals surface area contributed by atoms with Crippen molar-refractivity contribution in [2.24, 2.45) is 5.73 Å². The van der Waals surface area contributed by atoms with Crippen molar-refractivity contribution in [3.05, 3.63) is 35.6 Å². The molecule has 3 nitrogen and oxygen atoms in total. The zero-order chi connectivity index (χ0) is 14.4. The van der Waals surface area contributed by atoms with Crippen molar-refractivity contribution < 1.29 is 9.18 Å². The molecule has 0 spiro atoms. The van der Waals surface area contributed by atoms with Gasteiger partial charge in [-0.2, -0.15) is 0 Å². The first-order valence-corrected chi connectivity index (χ1v) is 7.45. The molecule has 0 bridgehead atoms. The largest absolute Gasteiger partial charge is 0.353 e. The number of carbonyl (C=O) groups is 1. The van der Waals surface area contributed by atoms with Gasteiger partial charge in [0, 0.05) is 18.4 Å². The van der Waals surface area contributed by atoms with Gasteiger partial charge in [-0.1, -0.05) is 25.0 Å². The maximum absolute atomic E-state index is 13.1. The second-order valence-electron chi connectivity index (χ2n) is 5.52. The van der Waals surface area contributed by atoms with Crippen LogP contribution in [0.1, 0.15) is 50.0 Å². The Morgan fingerprint density at radius 3 is 2.85 bits per heavy atom. The van der Waals surface area contributed by atoms with Crippen molar-refractivity contribution in [1.82, 2.24) is 5.32 Å². The molecule has 110 valence electrons. The summed E-state index contributed by atoms with van der Waals surface area (Å²) < 4.78 is 13.1. The lowest BCUT2D eigenvalue weighted by molar-refractivity contribution is -0.121. The first-order chi connectivity index (χ1) is 9.70. The normalized spacial score (nSPS) is 20.7. The van der Waals surface area contributed by atoms with Crippen LogP contribution in [0.15, 0.2) is 24.3 Å². The zero-order valence-electron chi connectivity index (χ0n) is 11.8. The molecule has 4 heteroatoms. The second kappa shape index (κ2) is 7.39. The summed E-state index contributed by atoms with van der Waals surface area (Å²) in [5, 5.41) is 3.03. The highest BCUT2D eigenvalue weighted by molar-refractivity contribution is 5.76. The van der Waals surface area contributed by atoms with Crippen LogP contribution in [0.25, 0.3) is 0 Å². The van der Waals surface area contributed by atoms with Crippen molar-refractivity contribution in [1.29, 1.82) is 0 Å². The maximum atomic E-state index is 13.1. The van der Waals surface area contributed by atoms with Crippen LogP contribution in [0.3, 0.4) is 0 Å². The van der Waals surface area contributed by atoms with Gasteiger partial charge >= 0.3 is 0 Å². The number of hydrogen-bond donors (Lipinski definition) is 2. The van der Waals surface area contributed by atoms with Crippen LogP contribution in [0.2, 0.25) is 0 Å². The van der Waals surface area contributed by atoms with E-state index in [9.17, 15) is 9.18 Å². The summed E-state index contributed by atoms with van der Waals surface area (Å²) in [6.07, 6.45) is 5.61. The van der Waals surface area contributed by atoms with Gasteiger partial charge in [-0.25, -0.2) is 4.39 Å². The van der Waals surface area contributed by atoms with Crippen LogP contribution in [0, 0.1) is 5.82 Å². The topological polar surface area (TPSA) is 55.1 Å². The van der Waals surface area contributed by atoms with E-state index in [1.807, 2.05) is 6.07 Å². The van der Waals surface area contributed by atoms with Crippen molar-refractivity contribution in [3.8, 4) is 0 Å². The number of rotatable bonds is 8. The summed E-state index contributed by atoms with van der Waals surface area (Å²) in [7, 11) is 0. The number of halogens is 1. The first kappa shape index (κ1) is 15.0. The molecule has 2 atom stereocenters. The molecule has 1 aromatic carbocycles. The van der Waals surface area contributed by atoms with E-state index in [1.54, 1.807) is 12.1 Å². The number of nitrogens with two attached hydrogens (primary N) is 1. The fourth-order valence-electron chi connectivity index (χ4n) is 2.52. The van der Waals surface area contributed by atoms with Gasteiger partial charge < -0.3 is 11.1 Å². The third-order valence-electron chi connectivity index (χ3n) is 3.77. The smallest absolute Gasteiger partial charge is 0.220 e. The summed E-state index contributed by atoms with van der Waals surface area (Å²) in [5.74, 6) is 0.188. The molecule has 0 saturated heterocycles. The Labute approximate surface area is 119 Å². The average Bonchev–Trinajstić information content (AvgIpc) is 3.18. The summed E-state index contributed by atoms with van der Waals surface area (Å²) in [6, 6.07) is 6.84. The van der Waals surface area contributed by atoms with E-state index in [1.165, 1.54) is 6.07 Å². The van der Waals surface area contributed by atoms with Crippen molar-refractivity contribution in [2.45, 2.75) is 50.5 Å². The summed E-state index contributed by atoms with van der Waals surface area (Å²) in [4.78, 5) is 11.8. The van der Waals surface area contributed by atoms with Crippen LogP contribution in [-0.4, -0.2) is 18.5 Å². The van der Waals surface area contributed by atoms with Gasteiger partial charge in [0.2, 0.25) is 5.91 Å². The molecule has 1 fully saturated rings. The Bertz CT molecular complexity index is 450. The van der Waals surface area contributed by atoms with Crippen LogP contribution in [0.4, 0.5) is 4.39 Å². The minimum Gasteiger partial charge on any atom is -0.353 e. The molecule has 3 N–H and O–H groups in total. The minimum absolute atomic E-state index is 0.113. The molecular formula is C16H23FN2O. The minimum atomic E-state index is -0.209. The zero-order valence-corrected chi connectivity index (χ0v) is 11.8. The van der Waals surface area contributed by atoms with Crippen LogP contribution in [-0.2, 0) is 4.79 Å². The standard InChI is InChI=1S/C16H23FN2O/c17-13-7-5-6-12(10-13)14-11-15(14)19-16(20)8-3-1-2-4-9-18/h5-7,10,14-15H,1-4,8-9,11,18H2,(H,19,20). The second-order valence-corrected chi connectivity index (χ2v) is 5.52. The lowest BCUT2D eigenvalue weighted by atomic mass is 10.1. The van der Waals surface area contributed by atoms with Crippen LogP contribution < -0.4 is 11.1 Å². The van der Waals surface area contributed by atoms with Gasteiger partial charge in [0.15, 0.2) is 0 Å².